The molecule has 1 saturated carbocycles. The zero-order valence-corrected chi connectivity index (χ0v) is 26.8. The molecule has 8 atom stereocenters. The number of carbonyl (C=O) groups is 1. The molecule has 0 spiro atoms. The molecular formula is C38H49NO6. The third-order valence-corrected chi connectivity index (χ3v) is 11.8. The molecule has 8 unspecified atom stereocenters. The number of allylic oxidation sites excluding steroid dienone is 2. The average Bonchev–Trinajstić information content (AvgIpc) is 3.76. The van der Waals surface area contributed by atoms with Crippen LogP contribution in [0.2, 0.25) is 0 Å². The number of fused-ring (bicyclic) bond motifs is 3. The molecule has 2 aliphatic carbocycles. The highest BCUT2D eigenvalue weighted by Gasteiger charge is 2.52. The van der Waals surface area contributed by atoms with E-state index >= 15 is 0 Å². The molecule has 1 aromatic rings. The van der Waals surface area contributed by atoms with E-state index in [1.807, 2.05) is 0 Å². The fourth-order valence-electron chi connectivity index (χ4n) is 9.69. The van der Waals surface area contributed by atoms with Crippen molar-refractivity contribution in [3.05, 3.63) is 82.7 Å². The zero-order valence-electron chi connectivity index (χ0n) is 26.8. The summed E-state index contributed by atoms with van der Waals surface area (Å²) in [5, 5.41) is 22.1. The highest BCUT2D eigenvalue weighted by atomic mass is 16.6. The van der Waals surface area contributed by atoms with Gasteiger partial charge in [-0.15, -0.1) is 0 Å². The maximum atomic E-state index is 12.6. The number of nitrogens with zero attached hydrogens (tertiary/aromatic N) is 1. The fourth-order valence-corrected chi connectivity index (χ4v) is 9.69. The predicted octanol–water partition coefficient (Wildman–Crippen LogP) is 6.04. The minimum atomic E-state index is -0.587. The van der Waals surface area contributed by atoms with E-state index in [0.717, 1.165) is 56.7 Å². The normalized spacial score (nSPS) is 36.2. The smallest absolute Gasteiger partial charge is 0.345 e. The number of hydrogen-bond acceptors (Lipinski definition) is 7. The first-order valence-corrected chi connectivity index (χ1v) is 17.3. The number of ether oxygens (including phenoxy) is 3. The van der Waals surface area contributed by atoms with Crippen molar-refractivity contribution in [2.24, 2.45) is 35.5 Å². The number of hydrogen-bond donors (Lipinski definition) is 2. The van der Waals surface area contributed by atoms with E-state index in [4.69, 9.17) is 14.2 Å². The van der Waals surface area contributed by atoms with Crippen molar-refractivity contribution in [2.75, 3.05) is 20.3 Å². The Kier molecular flexibility index (Phi) is 8.95. The van der Waals surface area contributed by atoms with Crippen molar-refractivity contribution in [1.29, 1.82) is 0 Å². The van der Waals surface area contributed by atoms with Gasteiger partial charge in [0.1, 0.15) is 11.3 Å². The molecule has 7 rings (SSSR count). The van der Waals surface area contributed by atoms with Crippen LogP contribution in [0, 0.1) is 35.5 Å². The van der Waals surface area contributed by atoms with Crippen LogP contribution in [0.15, 0.2) is 77.2 Å². The van der Waals surface area contributed by atoms with Crippen LogP contribution in [-0.4, -0.2) is 59.5 Å². The third-order valence-electron chi connectivity index (χ3n) is 11.8. The molecule has 242 valence electrons. The first kappa shape index (κ1) is 30.8. The van der Waals surface area contributed by atoms with Gasteiger partial charge in [0, 0.05) is 36.4 Å². The number of piperidine rings is 1. The van der Waals surface area contributed by atoms with Crippen LogP contribution in [0.5, 0.6) is 0 Å². The Morgan fingerprint density at radius 2 is 1.87 bits per heavy atom. The number of rotatable bonds is 7. The Morgan fingerprint density at radius 1 is 1.07 bits per heavy atom. The highest BCUT2D eigenvalue weighted by Crippen LogP contribution is 2.51. The van der Waals surface area contributed by atoms with Gasteiger partial charge in [0.05, 0.1) is 19.8 Å². The number of benzene rings is 1. The van der Waals surface area contributed by atoms with Crippen LogP contribution in [0.25, 0.3) is 0 Å². The second-order valence-electron chi connectivity index (χ2n) is 14.3. The van der Waals surface area contributed by atoms with Crippen molar-refractivity contribution >= 4 is 5.97 Å². The first-order valence-electron chi connectivity index (χ1n) is 17.3. The van der Waals surface area contributed by atoms with Crippen LogP contribution < -0.4 is 0 Å². The van der Waals surface area contributed by atoms with Gasteiger partial charge in [0.2, 0.25) is 5.76 Å². The molecular weight excluding hydrogens is 566 g/mol. The summed E-state index contributed by atoms with van der Waals surface area (Å²) in [6.45, 7) is 2.59. The summed E-state index contributed by atoms with van der Waals surface area (Å²) in [6.07, 6.45) is 17.9. The summed E-state index contributed by atoms with van der Waals surface area (Å²) in [6, 6.07) is 11.0. The van der Waals surface area contributed by atoms with Crippen LogP contribution in [0.3, 0.4) is 0 Å². The Labute approximate surface area is 267 Å². The molecule has 3 fully saturated rings. The van der Waals surface area contributed by atoms with E-state index in [1.54, 1.807) is 0 Å². The fraction of sp³-hybridized carbons (Fsp3) is 0.605. The Morgan fingerprint density at radius 3 is 2.62 bits per heavy atom. The number of esters is 1. The molecule has 0 bridgehead atoms. The predicted molar refractivity (Wildman–Crippen MR) is 171 cm³/mol. The molecule has 0 aromatic heterocycles. The standard InChI is InChI=1S/C38H49NO6/c1-23-33-30-19-25(18-24-10-4-3-5-11-24)20-31(34(41)28-15-8-14-27(21-28)26-12-6-7-13-26)39(30)17-9-16-32(33)44-35(23)37-36(43-2)29(22-40)38(42)45-37/h3-5,8,10-11,15-16,23,25-28,30-31,33-34,40-41H,6-7,9,12-14,17-22H2,1-2H3. The first-order chi connectivity index (χ1) is 22.0. The number of cyclic esters (lactones) is 1. The van der Waals surface area contributed by atoms with Gasteiger partial charge in [-0.3, -0.25) is 4.90 Å². The molecule has 0 amide bonds. The molecule has 0 radical (unpaired) electrons. The molecule has 2 saturated heterocycles. The highest BCUT2D eigenvalue weighted by molar-refractivity contribution is 5.94. The Hall–Kier alpha value is -2.87. The molecule has 4 heterocycles. The number of methoxy groups -OCH3 is 1. The molecule has 7 nitrogen and oxygen atoms in total. The van der Waals surface area contributed by atoms with Gasteiger partial charge >= 0.3 is 5.97 Å². The van der Waals surface area contributed by atoms with Gasteiger partial charge in [-0.2, -0.15) is 0 Å². The number of aliphatic hydroxyl groups excluding tert-OH is 2. The lowest BCUT2D eigenvalue weighted by Gasteiger charge is -2.50. The second-order valence-corrected chi connectivity index (χ2v) is 14.3. The van der Waals surface area contributed by atoms with Gasteiger partial charge in [0.15, 0.2) is 11.5 Å². The van der Waals surface area contributed by atoms with E-state index in [1.165, 1.54) is 38.4 Å². The van der Waals surface area contributed by atoms with Gasteiger partial charge in [-0.1, -0.05) is 75.1 Å². The van der Waals surface area contributed by atoms with Gasteiger partial charge < -0.3 is 24.4 Å². The summed E-state index contributed by atoms with van der Waals surface area (Å²) in [7, 11) is 1.49. The monoisotopic (exact) mass is 615 g/mol. The zero-order chi connectivity index (χ0) is 31.1. The van der Waals surface area contributed by atoms with Crippen LogP contribution in [0.1, 0.15) is 70.3 Å². The average molecular weight is 616 g/mol. The Bertz CT molecular complexity index is 1370. The van der Waals surface area contributed by atoms with Gasteiger partial charge in [-0.25, -0.2) is 4.79 Å². The second kappa shape index (κ2) is 13.1. The van der Waals surface area contributed by atoms with E-state index < -0.39 is 18.7 Å². The molecule has 1 aromatic carbocycles. The maximum Gasteiger partial charge on any atom is 0.345 e. The van der Waals surface area contributed by atoms with Gasteiger partial charge in [0.25, 0.3) is 0 Å². The van der Waals surface area contributed by atoms with E-state index in [2.05, 4.69) is 60.4 Å². The van der Waals surface area contributed by atoms with E-state index in [0.29, 0.717) is 17.6 Å². The van der Waals surface area contributed by atoms with Crippen LogP contribution >= 0.6 is 0 Å². The van der Waals surface area contributed by atoms with Crippen molar-refractivity contribution in [3.8, 4) is 0 Å². The van der Waals surface area contributed by atoms with Crippen molar-refractivity contribution in [2.45, 2.75) is 89.3 Å². The quantitative estimate of drug-likeness (QED) is 0.286. The number of carbonyl (C=O) groups excluding carboxylic acids is 1. The lowest BCUT2D eigenvalue weighted by atomic mass is 9.70. The van der Waals surface area contributed by atoms with Crippen molar-refractivity contribution in [3.63, 3.8) is 0 Å². The summed E-state index contributed by atoms with van der Waals surface area (Å²) < 4.78 is 17.8. The molecule has 7 heteroatoms. The number of aliphatic hydroxyl groups is 2. The van der Waals surface area contributed by atoms with Crippen molar-refractivity contribution < 1.29 is 29.2 Å². The van der Waals surface area contributed by atoms with Crippen LogP contribution in [-0.2, 0) is 25.4 Å². The summed E-state index contributed by atoms with van der Waals surface area (Å²) >= 11 is 0. The van der Waals surface area contributed by atoms with Gasteiger partial charge in [-0.05, 0) is 67.9 Å². The third kappa shape index (κ3) is 5.81. The lowest BCUT2D eigenvalue weighted by Crippen LogP contribution is -2.58. The maximum absolute atomic E-state index is 12.6. The largest absolute Gasteiger partial charge is 0.492 e. The summed E-state index contributed by atoms with van der Waals surface area (Å²) in [4.78, 5) is 15.2. The van der Waals surface area contributed by atoms with E-state index in [9.17, 15) is 15.0 Å². The summed E-state index contributed by atoms with van der Waals surface area (Å²) in [5.74, 6) is 3.58. The molecule has 6 aliphatic rings. The van der Waals surface area contributed by atoms with E-state index in [-0.39, 0.29) is 46.9 Å². The lowest BCUT2D eigenvalue weighted by molar-refractivity contribution is -0.133. The molecule has 4 aliphatic heterocycles. The minimum Gasteiger partial charge on any atom is -0.492 e. The topological polar surface area (TPSA) is 88.5 Å². The Balaban J connectivity index is 1.20. The van der Waals surface area contributed by atoms with Crippen molar-refractivity contribution in [1.82, 2.24) is 4.90 Å². The minimum absolute atomic E-state index is 0.0609. The molecule has 2 N–H and O–H groups in total. The molecule has 45 heavy (non-hydrogen) atoms. The summed E-state index contributed by atoms with van der Waals surface area (Å²) in [5.41, 5.74) is 1.47. The SMILES string of the molecule is COC1=C(CO)C(=O)OC1=C1OC2=CCCN3C(C(O)C4C=CCC(C5CCCC5)C4)CC(Cc4ccccc4)CC3C2C1C. The van der Waals surface area contributed by atoms with Crippen LogP contribution in [0.4, 0.5) is 0 Å².